The van der Waals surface area contributed by atoms with E-state index in [4.69, 9.17) is 38.7 Å². The molecule has 4 atom stereocenters. The Morgan fingerprint density at radius 3 is 2.71 bits per heavy atom. The fraction of sp³-hybridized carbons (Fsp3) is 0.483. The maximum Gasteiger partial charge on any atom is 0.319 e. The van der Waals surface area contributed by atoms with Crippen molar-refractivity contribution in [2.24, 2.45) is 0 Å². The van der Waals surface area contributed by atoms with Gasteiger partial charge in [-0.05, 0) is 50.4 Å². The molecule has 4 saturated heterocycles. The van der Waals surface area contributed by atoms with Crippen molar-refractivity contribution < 1.29 is 13.5 Å². The molecule has 3 N–H and O–H groups in total. The van der Waals surface area contributed by atoms with Crippen LogP contribution in [-0.2, 0) is 0 Å². The van der Waals surface area contributed by atoms with Crippen molar-refractivity contribution in [2.75, 3.05) is 43.4 Å². The number of benzene rings is 2. The van der Waals surface area contributed by atoms with Crippen LogP contribution in [0.3, 0.4) is 0 Å². The number of piperazine rings is 1. The van der Waals surface area contributed by atoms with Gasteiger partial charge in [0.25, 0.3) is 0 Å². The molecule has 0 saturated carbocycles. The third kappa shape index (κ3) is 4.39. The fourth-order valence-electron chi connectivity index (χ4n) is 7.53. The SMILES string of the molecule is Nc1nc2c(-c3c(Cl)cc4c(N5CC6CCC(C5)N6)nc(OC[C@@]56CCCN5C[C@H](F)C6)nc4c3F)cc(Cl)cc2s1. The van der Waals surface area contributed by atoms with Gasteiger partial charge in [0, 0.05) is 59.7 Å². The Hall–Kier alpha value is -2.57. The van der Waals surface area contributed by atoms with E-state index >= 15 is 4.39 Å². The third-order valence-electron chi connectivity index (χ3n) is 9.33. The number of hydrogen-bond acceptors (Lipinski definition) is 9. The lowest BCUT2D eigenvalue weighted by Crippen LogP contribution is -2.51. The second kappa shape index (κ2) is 9.99. The molecule has 220 valence electrons. The second-order valence-corrected chi connectivity index (χ2v) is 13.9. The van der Waals surface area contributed by atoms with Gasteiger partial charge in [-0.3, -0.25) is 4.90 Å². The largest absolute Gasteiger partial charge is 0.461 e. The van der Waals surface area contributed by atoms with Gasteiger partial charge < -0.3 is 20.7 Å². The topological polar surface area (TPSA) is 92.4 Å². The molecule has 4 fully saturated rings. The monoisotopic (exact) mass is 631 g/mol. The minimum Gasteiger partial charge on any atom is -0.461 e. The van der Waals surface area contributed by atoms with E-state index in [1.165, 1.54) is 11.3 Å². The smallest absolute Gasteiger partial charge is 0.319 e. The third-order valence-corrected chi connectivity index (χ3v) is 10.7. The highest BCUT2D eigenvalue weighted by Crippen LogP contribution is 2.44. The molecule has 6 heterocycles. The van der Waals surface area contributed by atoms with Gasteiger partial charge in [0.05, 0.1) is 20.8 Å². The lowest BCUT2D eigenvalue weighted by atomic mass is 9.95. The van der Waals surface area contributed by atoms with Gasteiger partial charge in [-0.2, -0.15) is 9.97 Å². The lowest BCUT2D eigenvalue weighted by Gasteiger charge is -2.34. The van der Waals surface area contributed by atoms with Crippen molar-refractivity contribution in [3.05, 3.63) is 34.1 Å². The van der Waals surface area contributed by atoms with Crippen molar-refractivity contribution in [3.8, 4) is 17.1 Å². The first-order valence-electron chi connectivity index (χ1n) is 14.3. The Balaban J connectivity index is 1.27. The molecule has 0 spiro atoms. The molecule has 42 heavy (non-hydrogen) atoms. The maximum absolute atomic E-state index is 16.8. The molecule has 2 aromatic heterocycles. The summed E-state index contributed by atoms with van der Waals surface area (Å²) in [5.74, 6) is -0.0185. The Morgan fingerprint density at radius 2 is 1.90 bits per heavy atom. The number of alkyl halides is 1. The van der Waals surface area contributed by atoms with E-state index in [0.717, 1.165) is 50.0 Å². The first-order valence-corrected chi connectivity index (χ1v) is 15.9. The Bertz CT molecular complexity index is 1730. The molecule has 0 radical (unpaired) electrons. The van der Waals surface area contributed by atoms with Gasteiger partial charge in [-0.1, -0.05) is 34.5 Å². The summed E-state index contributed by atoms with van der Waals surface area (Å²) in [6.07, 6.45) is 3.55. The number of ether oxygens (including phenoxy) is 1. The molecule has 4 aromatic rings. The van der Waals surface area contributed by atoms with Crippen molar-refractivity contribution in [2.45, 2.75) is 55.9 Å². The molecule has 0 amide bonds. The standard InChI is InChI=1S/C29H29Cl2F2N7OS/c30-14-6-18(24-21(7-14)42-27(34)36-24)22-20(31)8-19-25(23(22)33)37-28(38-26(19)39-11-16-2-3-17(12-39)35-16)41-13-29-4-1-5-40(29)10-15(32)9-29/h6-8,15-17,35H,1-5,9-13H2,(H2,34,36)/t15-,16?,17?,29+/m1/s1. The number of halogens is 4. The number of nitrogens with zero attached hydrogens (tertiary/aromatic N) is 5. The van der Waals surface area contributed by atoms with E-state index in [2.05, 4.69) is 25.1 Å². The molecule has 2 bridgehead atoms. The van der Waals surface area contributed by atoms with Crippen LogP contribution in [0.4, 0.5) is 19.7 Å². The number of nitrogen functional groups attached to an aromatic ring is 1. The van der Waals surface area contributed by atoms with E-state index in [9.17, 15) is 4.39 Å². The highest BCUT2D eigenvalue weighted by Gasteiger charge is 2.49. The molecule has 2 aromatic carbocycles. The molecular weight excluding hydrogens is 603 g/mol. The Kier molecular flexibility index (Phi) is 6.42. The summed E-state index contributed by atoms with van der Waals surface area (Å²) in [6.45, 7) is 2.99. The summed E-state index contributed by atoms with van der Waals surface area (Å²) in [4.78, 5) is 18.2. The molecular formula is C29H29Cl2F2N7OS. The van der Waals surface area contributed by atoms with E-state index in [-0.39, 0.29) is 34.3 Å². The number of anilines is 2. The molecule has 8 nitrogen and oxygen atoms in total. The van der Waals surface area contributed by atoms with Crippen LogP contribution in [0.2, 0.25) is 10.0 Å². The van der Waals surface area contributed by atoms with Crippen LogP contribution < -0.4 is 20.7 Å². The zero-order chi connectivity index (χ0) is 28.7. The summed E-state index contributed by atoms with van der Waals surface area (Å²) < 4.78 is 38.2. The highest BCUT2D eigenvalue weighted by molar-refractivity contribution is 7.22. The number of aromatic nitrogens is 3. The van der Waals surface area contributed by atoms with Crippen LogP contribution in [0.25, 0.3) is 32.2 Å². The quantitative estimate of drug-likeness (QED) is 0.284. The van der Waals surface area contributed by atoms with Crippen molar-refractivity contribution in [3.63, 3.8) is 0 Å². The summed E-state index contributed by atoms with van der Waals surface area (Å²) in [7, 11) is 0. The summed E-state index contributed by atoms with van der Waals surface area (Å²) in [5, 5.41) is 5.12. The highest BCUT2D eigenvalue weighted by atomic mass is 35.5. The normalized spacial score (nSPS) is 27.4. The predicted molar refractivity (Wildman–Crippen MR) is 163 cm³/mol. The van der Waals surface area contributed by atoms with Crippen molar-refractivity contribution in [1.29, 1.82) is 0 Å². The first-order chi connectivity index (χ1) is 20.3. The van der Waals surface area contributed by atoms with Crippen LogP contribution in [0, 0.1) is 5.82 Å². The Morgan fingerprint density at radius 1 is 1.10 bits per heavy atom. The summed E-state index contributed by atoms with van der Waals surface area (Å²) >= 11 is 14.6. The minimum atomic E-state index is -0.880. The number of thiazole rings is 1. The first kappa shape index (κ1) is 27.0. The van der Waals surface area contributed by atoms with Crippen molar-refractivity contribution in [1.82, 2.24) is 25.2 Å². The van der Waals surface area contributed by atoms with Gasteiger partial charge in [-0.15, -0.1) is 0 Å². The molecule has 2 unspecified atom stereocenters. The maximum atomic E-state index is 16.8. The molecule has 4 aliphatic heterocycles. The van der Waals surface area contributed by atoms with Gasteiger partial charge in [0.2, 0.25) is 0 Å². The van der Waals surface area contributed by atoms with Gasteiger partial charge in [-0.25, -0.2) is 13.8 Å². The molecule has 8 rings (SSSR count). The Labute approximate surface area is 255 Å². The minimum absolute atomic E-state index is 0.0771. The second-order valence-electron chi connectivity index (χ2n) is 12.0. The number of rotatable bonds is 5. The zero-order valence-corrected chi connectivity index (χ0v) is 25.0. The van der Waals surface area contributed by atoms with Crippen LogP contribution in [0.1, 0.15) is 32.1 Å². The number of nitrogens with one attached hydrogen (secondary N) is 1. The molecule has 13 heteroatoms. The molecule has 4 aliphatic rings. The zero-order valence-electron chi connectivity index (χ0n) is 22.7. The van der Waals surface area contributed by atoms with Crippen LogP contribution in [0.5, 0.6) is 6.01 Å². The average molecular weight is 633 g/mol. The van der Waals surface area contributed by atoms with Crippen LogP contribution in [0.15, 0.2) is 18.2 Å². The lowest BCUT2D eigenvalue weighted by molar-refractivity contribution is 0.107. The number of hydrogen-bond donors (Lipinski definition) is 2. The van der Waals surface area contributed by atoms with E-state index < -0.39 is 12.0 Å². The van der Waals surface area contributed by atoms with E-state index in [0.29, 0.717) is 57.5 Å². The van der Waals surface area contributed by atoms with Gasteiger partial charge in [0.15, 0.2) is 10.9 Å². The van der Waals surface area contributed by atoms with Gasteiger partial charge >= 0.3 is 6.01 Å². The predicted octanol–water partition coefficient (Wildman–Crippen LogP) is 5.83. The van der Waals surface area contributed by atoms with Gasteiger partial charge in [0.1, 0.15) is 24.1 Å². The fourth-order valence-corrected chi connectivity index (χ4v) is 8.91. The number of fused-ring (bicyclic) bond motifs is 5. The number of nitrogens with two attached hydrogens (primary N) is 1. The van der Waals surface area contributed by atoms with Crippen LogP contribution in [-0.4, -0.2) is 76.4 Å². The van der Waals surface area contributed by atoms with E-state index in [1.807, 2.05) is 0 Å². The van der Waals surface area contributed by atoms with Crippen LogP contribution >= 0.6 is 34.5 Å². The summed E-state index contributed by atoms with van der Waals surface area (Å²) in [5.41, 5.74) is 6.83. The van der Waals surface area contributed by atoms with Crippen molar-refractivity contribution >= 4 is 66.6 Å². The molecule has 0 aliphatic carbocycles. The average Bonchev–Trinajstić information content (AvgIpc) is 3.68. The van der Waals surface area contributed by atoms with E-state index in [1.54, 1.807) is 18.2 Å². The summed E-state index contributed by atoms with van der Waals surface area (Å²) in [6, 6.07) is 5.87.